The second kappa shape index (κ2) is 8.99. The Morgan fingerprint density at radius 3 is 2.89 bits per heavy atom. The first-order valence-corrected chi connectivity index (χ1v) is 9.26. The fourth-order valence-electron chi connectivity index (χ4n) is 3.36. The topological polar surface area (TPSA) is 73.5 Å². The summed E-state index contributed by atoms with van der Waals surface area (Å²) in [5.41, 5.74) is 8.73. The molecular formula is C20H27FN4O2. The zero-order chi connectivity index (χ0) is 19.2. The van der Waals surface area contributed by atoms with Crippen LogP contribution < -0.4 is 15.4 Å². The van der Waals surface area contributed by atoms with Crippen LogP contribution in [-0.2, 0) is 4.74 Å². The Morgan fingerprint density at radius 1 is 1.30 bits per heavy atom. The first-order valence-electron chi connectivity index (χ1n) is 9.26. The summed E-state index contributed by atoms with van der Waals surface area (Å²) >= 11 is 0. The van der Waals surface area contributed by atoms with Crippen LogP contribution in [0.4, 0.5) is 15.9 Å². The van der Waals surface area contributed by atoms with E-state index in [2.05, 4.69) is 21.8 Å². The molecule has 2 N–H and O–H groups in total. The summed E-state index contributed by atoms with van der Waals surface area (Å²) in [5.74, 6) is 1.67. The van der Waals surface area contributed by atoms with Crippen LogP contribution in [0.1, 0.15) is 30.5 Å². The molecule has 1 aliphatic heterocycles. The smallest absolute Gasteiger partial charge is 0.132 e. The van der Waals surface area contributed by atoms with Gasteiger partial charge in [-0.25, -0.2) is 9.97 Å². The summed E-state index contributed by atoms with van der Waals surface area (Å²) < 4.78 is 23.6. The Kier molecular flexibility index (Phi) is 6.45. The Balaban J connectivity index is 1.78. The van der Waals surface area contributed by atoms with Crippen LogP contribution in [0.25, 0.3) is 0 Å². The average molecular weight is 374 g/mol. The summed E-state index contributed by atoms with van der Waals surface area (Å²) in [6.45, 7) is 4.32. The molecule has 2 atom stereocenters. The molecule has 6 nitrogen and oxygen atoms in total. The number of aromatic nitrogens is 2. The van der Waals surface area contributed by atoms with Crippen LogP contribution in [0.2, 0.25) is 0 Å². The minimum absolute atomic E-state index is 0.0164. The third kappa shape index (κ3) is 4.66. The molecule has 0 radical (unpaired) electrons. The zero-order valence-corrected chi connectivity index (χ0v) is 15.9. The SMILES string of the molecule is COCCOc1ccc(N)c(C(C)c2cc(N3CCC(CF)C3)ncn2)c1. The molecule has 7 heteroatoms. The average Bonchev–Trinajstić information content (AvgIpc) is 3.18. The number of halogens is 1. The second-order valence-corrected chi connectivity index (χ2v) is 6.91. The van der Waals surface area contributed by atoms with Crippen molar-refractivity contribution in [3.05, 3.63) is 41.9 Å². The molecular weight excluding hydrogens is 347 g/mol. The lowest BCUT2D eigenvalue weighted by Gasteiger charge is -2.20. The maximum atomic E-state index is 12.9. The molecule has 0 aliphatic carbocycles. The van der Waals surface area contributed by atoms with E-state index < -0.39 is 0 Å². The Labute approximate surface area is 159 Å². The van der Waals surface area contributed by atoms with E-state index in [0.29, 0.717) is 25.4 Å². The molecule has 146 valence electrons. The van der Waals surface area contributed by atoms with Crippen molar-refractivity contribution in [3.63, 3.8) is 0 Å². The number of nitrogen functional groups attached to an aromatic ring is 1. The molecule has 0 amide bonds. The van der Waals surface area contributed by atoms with Crippen molar-refractivity contribution in [2.45, 2.75) is 19.3 Å². The fraction of sp³-hybridized carbons (Fsp3) is 0.500. The van der Waals surface area contributed by atoms with Gasteiger partial charge in [0.25, 0.3) is 0 Å². The standard InChI is InChI=1S/C20H27FN4O2/c1-14(17-9-16(3-4-18(17)22)27-8-7-26-2)19-10-20(24-13-23-19)25-6-5-15(11-21)12-25/h3-4,9-10,13-15H,5-8,11-12,22H2,1-2H3. The highest BCUT2D eigenvalue weighted by molar-refractivity contribution is 5.55. The summed E-state index contributed by atoms with van der Waals surface area (Å²) in [4.78, 5) is 10.9. The van der Waals surface area contributed by atoms with Crippen molar-refractivity contribution in [1.29, 1.82) is 0 Å². The maximum absolute atomic E-state index is 12.9. The van der Waals surface area contributed by atoms with Gasteiger partial charge in [0.2, 0.25) is 0 Å². The van der Waals surface area contributed by atoms with Gasteiger partial charge in [-0.3, -0.25) is 4.39 Å². The molecule has 2 heterocycles. The highest BCUT2D eigenvalue weighted by Crippen LogP contribution is 2.32. The molecule has 0 bridgehead atoms. The fourth-order valence-corrected chi connectivity index (χ4v) is 3.36. The van der Waals surface area contributed by atoms with E-state index in [-0.39, 0.29) is 18.5 Å². The lowest BCUT2D eigenvalue weighted by Crippen LogP contribution is -2.21. The molecule has 2 unspecified atom stereocenters. The zero-order valence-electron chi connectivity index (χ0n) is 15.9. The Hall–Kier alpha value is -2.41. The third-order valence-corrected chi connectivity index (χ3v) is 5.03. The van der Waals surface area contributed by atoms with Crippen molar-refractivity contribution in [3.8, 4) is 5.75 Å². The van der Waals surface area contributed by atoms with E-state index in [1.807, 2.05) is 24.3 Å². The quantitative estimate of drug-likeness (QED) is 0.566. The van der Waals surface area contributed by atoms with Gasteiger partial charge in [0.05, 0.1) is 19.0 Å². The van der Waals surface area contributed by atoms with Crippen LogP contribution in [-0.4, -0.2) is 50.1 Å². The highest BCUT2D eigenvalue weighted by Gasteiger charge is 2.24. The van der Waals surface area contributed by atoms with Gasteiger partial charge in [0, 0.05) is 43.8 Å². The predicted molar refractivity (Wildman–Crippen MR) is 104 cm³/mol. The number of ether oxygens (including phenoxy) is 2. The number of nitrogens with zero attached hydrogens (tertiary/aromatic N) is 3. The largest absolute Gasteiger partial charge is 0.491 e. The van der Waals surface area contributed by atoms with Crippen molar-refractivity contribution >= 4 is 11.5 Å². The number of benzene rings is 1. The minimum Gasteiger partial charge on any atom is -0.491 e. The molecule has 0 saturated carbocycles. The molecule has 1 saturated heterocycles. The van der Waals surface area contributed by atoms with Gasteiger partial charge < -0.3 is 20.1 Å². The molecule has 1 aromatic heterocycles. The van der Waals surface area contributed by atoms with Gasteiger partial charge in [0.15, 0.2) is 0 Å². The first kappa shape index (κ1) is 19.4. The number of alkyl halides is 1. The molecule has 0 spiro atoms. The summed E-state index contributed by atoms with van der Waals surface area (Å²) in [6.07, 6.45) is 2.43. The monoisotopic (exact) mass is 374 g/mol. The molecule has 1 aliphatic rings. The van der Waals surface area contributed by atoms with Gasteiger partial charge in [-0.05, 0) is 30.2 Å². The van der Waals surface area contributed by atoms with Crippen LogP contribution in [0, 0.1) is 5.92 Å². The number of anilines is 2. The van der Waals surface area contributed by atoms with Gasteiger partial charge in [-0.1, -0.05) is 6.92 Å². The lowest BCUT2D eigenvalue weighted by molar-refractivity contribution is 0.146. The highest BCUT2D eigenvalue weighted by atomic mass is 19.1. The molecule has 1 aromatic carbocycles. The first-order chi connectivity index (χ1) is 13.1. The second-order valence-electron chi connectivity index (χ2n) is 6.91. The van der Waals surface area contributed by atoms with Crippen molar-refractivity contribution < 1.29 is 13.9 Å². The van der Waals surface area contributed by atoms with Gasteiger partial charge in [-0.15, -0.1) is 0 Å². The number of hydrogen-bond donors (Lipinski definition) is 1. The summed E-state index contributed by atoms with van der Waals surface area (Å²) in [5, 5.41) is 0. The number of hydrogen-bond acceptors (Lipinski definition) is 6. The molecule has 3 rings (SSSR count). The predicted octanol–water partition coefficient (Wildman–Crippen LogP) is 3.03. The van der Waals surface area contributed by atoms with Crippen molar-refractivity contribution in [2.75, 3.05) is 50.7 Å². The molecule has 2 aromatic rings. The van der Waals surface area contributed by atoms with Crippen LogP contribution in [0.15, 0.2) is 30.6 Å². The third-order valence-electron chi connectivity index (χ3n) is 5.03. The lowest BCUT2D eigenvalue weighted by atomic mass is 9.95. The van der Waals surface area contributed by atoms with Crippen molar-refractivity contribution in [1.82, 2.24) is 9.97 Å². The van der Waals surface area contributed by atoms with E-state index in [0.717, 1.165) is 35.8 Å². The summed E-state index contributed by atoms with van der Waals surface area (Å²) in [6, 6.07) is 7.63. The normalized spacial score (nSPS) is 17.9. The minimum atomic E-state index is -0.281. The van der Waals surface area contributed by atoms with E-state index in [9.17, 15) is 4.39 Å². The number of methoxy groups -OCH3 is 1. The maximum Gasteiger partial charge on any atom is 0.132 e. The number of nitrogens with two attached hydrogens (primary N) is 1. The summed E-state index contributed by atoms with van der Waals surface area (Å²) in [7, 11) is 1.64. The van der Waals surface area contributed by atoms with Gasteiger partial charge >= 0.3 is 0 Å². The van der Waals surface area contributed by atoms with Crippen LogP contribution in [0.3, 0.4) is 0 Å². The van der Waals surface area contributed by atoms with Crippen LogP contribution in [0.5, 0.6) is 5.75 Å². The van der Waals surface area contributed by atoms with E-state index in [1.165, 1.54) is 0 Å². The van der Waals surface area contributed by atoms with Crippen LogP contribution >= 0.6 is 0 Å². The van der Waals surface area contributed by atoms with E-state index in [4.69, 9.17) is 15.2 Å². The van der Waals surface area contributed by atoms with Gasteiger partial charge in [-0.2, -0.15) is 0 Å². The Morgan fingerprint density at radius 2 is 2.15 bits per heavy atom. The van der Waals surface area contributed by atoms with E-state index >= 15 is 0 Å². The van der Waals surface area contributed by atoms with E-state index in [1.54, 1.807) is 13.4 Å². The van der Waals surface area contributed by atoms with Crippen molar-refractivity contribution in [2.24, 2.45) is 5.92 Å². The molecule has 1 fully saturated rings. The molecule has 27 heavy (non-hydrogen) atoms. The van der Waals surface area contributed by atoms with Gasteiger partial charge in [0.1, 0.15) is 24.5 Å². The number of rotatable bonds is 8. The Bertz CT molecular complexity index is 759.